The lowest BCUT2D eigenvalue weighted by Gasteiger charge is -2.14. The van der Waals surface area contributed by atoms with Crippen LogP contribution in [-0.4, -0.2) is 34.9 Å². The third kappa shape index (κ3) is 2.83. The van der Waals surface area contributed by atoms with Gasteiger partial charge in [0.2, 0.25) is 0 Å². The first kappa shape index (κ1) is 11.2. The van der Waals surface area contributed by atoms with Gasteiger partial charge in [0.1, 0.15) is 5.76 Å². The highest BCUT2D eigenvalue weighted by molar-refractivity contribution is 9.09. The third-order valence-corrected chi connectivity index (χ3v) is 2.38. The van der Waals surface area contributed by atoms with E-state index in [2.05, 4.69) is 21.1 Å². The molecule has 0 aliphatic rings. The summed E-state index contributed by atoms with van der Waals surface area (Å²) >= 11 is 3.32. The van der Waals surface area contributed by atoms with Gasteiger partial charge in [-0.05, 0) is 13.3 Å². The SMILES string of the molecule is Cc1cc(C(=O)N(C)CCCBr)no1. The van der Waals surface area contributed by atoms with Gasteiger partial charge in [-0.15, -0.1) is 0 Å². The number of carbonyl (C=O) groups excluding carboxylic acids is 1. The molecule has 1 heterocycles. The second kappa shape index (κ2) is 5.14. The van der Waals surface area contributed by atoms with Crippen LogP contribution in [0, 0.1) is 6.92 Å². The van der Waals surface area contributed by atoms with Gasteiger partial charge in [0.05, 0.1) is 0 Å². The monoisotopic (exact) mass is 260 g/mol. The number of hydrogen-bond acceptors (Lipinski definition) is 3. The normalized spacial score (nSPS) is 10.2. The molecule has 1 aromatic rings. The molecule has 0 aliphatic carbocycles. The number of aryl methyl sites for hydroxylation is 1. The first-order valence-electron chi connectivity index (χ1n) is 4.40. The molecule has 1 rings (SSSR count). The van der Waals surface area contributed by atoms with Crippen molar-refractivity contribution in [2.24, 2.45) is 0 Å². The van der Waals surface area contributed by atoms with Crippen LogP contribution in [0.2, 0.25) is 0 Å². The molecule has 0 aliphatic heterocycles. The fraction of sp³-hybridized carbons (Fsp3) is 0.556. The number of aromatic nitrogens is 1. The summed E-state index contributed by atoms with van der Waals surface area (Å²) < 4.78 is 4.83. The molecular weight excluding hydrogens is 248 g/mol. The second-order valence-corrected chi connectivity index (χ2v) is 3.89. The average molecular weight is 261 g/mol. The summed E-state index contributed by atoms with van der Waals surface area (Å²) in [6.45, 7) is 2.48. The Bertz CT molecular complexity index is 312. The molecule has 5 heteroatoms. The van der Waals surface area contributed by atoms with E-state index in [0.29, 0.717) is 11.5 Å². The average Bonchev–Trinajstić information content (AvgIpc) is 2.60. The van der Waals surface area contributed by atoms with Crippen molar-refractivity contribution >= 4 is 21.8 Å². The number of hydrogen-bond donors (Lipinski definition) is 0. The maximum absolute atomic E-state index is 11.7. The Morgan fingerprint density at radius 3 is 2.93 bits per heavy atom. The van der Waals surface area contributed by atoms with Crippen LogP contribution >= 0.6 is 15.9 Å². The fourth-order valence-electron chi connectivity index (χ4n) is 1.06. The van der Waals surface area contributed by atoms with E-state index in [9.17, 15) is 4.79 Å². The van der Waals surface area contributed by atoms with E-state index in [1.54, 1.807) is 24.9 Å². The van der Waals surface area contributed by atoms with Crippen molar-refractivity contribution in [3.63, 3.8) is 0 Å². The highest BCUT2D eigenvalue weighted by Gasteiger charge is 2.14. The molecular formula is C9H13BrN2O2. The van der Waals surface area contributed by atoms with E-state index in [1.165, 1.54) is 0 Å². The molecule has 0 aromatic carbocycles. The lowest BCUT2D eigenvalue weighted by atomic mass is 10.3. The maximum Gasteiger partial charge on any atom is 0.275 e. The van der Waals surface area contributed by atoms with Gasteiger partial charge in [-0.3, -0.25) is 4.79 Å². The number of alkyl halides is 1. The molecule has 0 unspecified atom stereocenters. The zero-order valence-electron chi connectivity index (χ0n) is 8.29. The molecule has 0 saturated heterocycles. The summed E-state index contributed by atoms with van der Waals surface area (Å²) in [6, 6.07) is 1.65. The van der Waals surface area contributed by atoms with Crippen LogP contribution in [0.5, 0.6) is 0 Å². The van der Waals surface area contributed by atoms with E-state index < -0.39 is 0 Å². The summed E-state index contributed by atoms with van der Waals surface area (Å²) in [6.07, 6.45) is 0.930. The van der Waals surface area contributed by atoms with Gasteiger partial charge in [-0.2, -0.15) is 0 Å². The Balaban J connectivity index is 2.56. The van der Waals surface area contributed by atoms with Crippen molar-refractivity contribution in [1.29, 1.82) is 0 Å². The number of amides is 1. The Labute approximate surface area is 91.4 Å². The Morgan fingerprint density at radius 2 is 2.43 bits per heavy atom. The van der Waals surface area contributed by atoms with Crippen molar-refractivity contribution < 1.29 is 9.32 Å². The van der Waals surface area contributed by atoms with Crippen molar-refractivity contribution in [2.45, 2.75) is 13.3 Å². The van der Waals surface area contributed by atoms with Gasteiger partial charge in [-0.1, -0.05) is 21.1 Å². The Hall–Kier alpha value is -0.840. The van der Waals surface area contributed by atoms with Crippen LogP contribution < -0.4 is 0 Å². The van der Waals surface area contributed by atoms with Crippen LogP contribution in [0.1, 0.15) is 22.7 Å². The standard InChI is InChI=1S/C9H13BrN2O2/c1-7-6-8(11-14-7)9(13)12(2)5-3-4-10/h6H,3-5H2,1-2H3. The van der Waals surface area contributed by atoms with E-state index in [1.807, 2.05) is 0 Å². The van der Waals surface area contributed by atoms with Crippen LogP contribution in [0.25, 0.3) is 0 Å². The van der Waals surface area contributed by atoms with Crippen LogP contribution in [-0.2, 0) is 0 Å². The van der Waals surface area contributed by atoms with Crippen molar-refractivity contribution in [3.05, 3.63) is 17.5 Å². The van der Waals surface area contributed by atoms with Gasteiger partial charge < -0.3 is 9.42 Å². The minimum atomic E-state index is -0.0946. The molecule has 1 amide bonds. The predicted octanol–water partition coefficient (Wildman–Crippen LogP) is 1.84. The molecule has 0 spiro atoms. The van der Waals surface area contributed by atoms with E-state index >= 15 is 0 Å². The lowest BCUT2D eigenvalue weighted by Crippen LogP contribution is -2.28. The molecule has 0 saturated carbocycles. The van der Waals surface area contributed by atoms with E-state index in [0.717, 1.165) is 18.3 Å². The van der Waals surface area contributed by atoms with E-state index in [4.69, 9.17) is 4.52 Å². The molecule has 1 aromatic heterocycles. The zero-order chi connectivity index (χ0) is 10.6. The number of halogens is 1. The van der Waals surface area contributed by atoms with Crippen LogP contribution in [0.3, 0.4) is 0 Å². The summed E-state index contributed by atoms with van der Waals surface area (Å²) in [5.74, 6) is 0.560. The van der Waals surface area contributed by atoms with Crippen molar-refractivity contribution in [3.8, 4) is 0 Å². The molecule has 0 fully saturated rings. The lowest BCUT2D eigenvalue weighted by molar-refractivity contribution is 0.0785. The molecule has 78 valence electrons. The largest absolute Gasteiger partial charge is 0.361 e. The summed E-state index contributed by atoms with van der Waals surface area (Å²) in [7, 11) is 1.76. The number of carbonyl (C=O) groups is 1. The minimum Gasteiger partial charge on any atom is -0.361 e. The molecule has 14 heavy (non-hydrogen) atoms. The van der Waals surface area contributed by atoms with Gasteiger partial charge in [0.15, 0.2) is 5.69 Å². The van der Waals surface area contributed by atoms with Crippen LogP contribution in [0.4, 0.5) is 0 Å². The Morgan fingerprint density at radius 1 is 1.71 bits per heavy atom. The van der Waals surface area contributed by atoms with Crippen LogP contribution in [0.15, 0.2) is 10.6 Å². The molecule has 4 nitrogen and oxygen atoms in total. The summed E-state index contributed by atoms with van der Waals surface area (Å²) in [5, 5.41) is 4.56. The van der Waals surface area contributed by atoms with Gasteiger partial charge in [0, 0.05) is 25.0 Å². The third-order valence-electron chi connectivity index (χ3n) is 1.82. The second-order valence-electron chi connectivity index (χ2n) is 3.09. The summed E-state index contributed by atoms with van der Waals surface area (Å²) in [4.78, 5) is 13.3. The first-order chi connectivity index (χ1) is 6.65. The number of nitrogens with zero attached hydrogens (tertiary/aromatic N) is 2. The van der Waals surface area contributed by atoms with Gasteiger partial charge >= 0.3 is 0 Å². The first-order valence-corrected chi connectivity index (χ1v) is 5.52. The van der Waals surface area contributed by atoms with Gasteiger partial charge in [-0.25, -0.2) is 0 Å². The smallest absolute Gasteiger partial charge is 0.275 e. The predicted molar refractivity (Wildman–Crippen MR) is 56.6 cm³/mol. The molecule has 0 bridgehead atoms. The van der Waals surface area contributed by atoms with Crippen molar-refractivity contribution in [2.75, 3.05) is 18.9 Å². The molecule has 0 atom stereocenters. The van der Waals surface area contributed by atoms with Crippen molar-refractivity contribution in [1.82, 2.24) is 10.1 Å². The molecule has 0 N–H and O–H groups in total. The zero-order valence-corrected chi connectivity index (χ0v) is 9.87. The minimum absolute atomic E-state index is 0.0946. The topological polar surface area (TPSA) is 46.3 Å². The van der Waals surface area contributed by atoms with E-state index in [-0.39, 0.29) is 5.91 Å². The number of rotatable bonds is 4. The highest BCUT2D eigenvalue weighted by atomic mass is 79.9. The highest BCUT2D eigenvalue weighted by Crippen LogP contribution is 2.05. The maximum atomic E-state index is 11.7. The van der Waals surface area contributed by atoms with Gasteiger partial charge in [0.25, 0.3) is 5.91 Å². The quantitative estimate of drug-likeness (QED) is 0.777. The fourth-order valence-corrected chi connectivity index (χ4v) is 1.31. The Kier molecular flexibility index (Phi) is 4.13. The molecule has 0 radical (unpaired) electrons. The summed E-state index contributed by atoms with van der Waals surface area (Å²) in [5.41, 5.74) is 0.375.